The number of carbonyl (C=O) groups excluding carboxylic acids is 1. The molecule has 2 aromatic rings. The summed E-state index contributed by atoms with van der Waals surface area (Å²) in [6, 6.07) is 6.61. The molecular formula is C13H9F2NO3. The third-order valence-electron chi connectivity index (χ3n) is 2.42. The second-order valence-electron chi connectivity index (χ2n) is 3.75. The second kappa shape index (κ2) is 4.93. The van der Waals surface area contributed by atoms with Crippen molar-refractivity contribution >= 4 is 11.6 Å². The van der Waals surface area contributed by atoms with Crippen molar-refractivity contribution in [1.29, 1.82) is 0 Å². The van der Waals surface area contributed by atoms with Crippen molar-refractivity contribution in [3.8, 4) is 11.5 Å². The lowest BCUT2D eigenvalue weighted by Crippen LogP contribution is -2.14. The van der Waals surface area contributed by atoms with E-state index in [4.69, 9.17) is 5.11 Å². The van der Waals surface area contributed by atoms with E-state index in [2.05, 4.69) is 5.32 Å². The van der Waals surface area contributed by atoms with Crippen molar-refractivity contribution in [2.45, 2.75) is 0 Å². The van der Waals surface area contributed by atoms with Crippen molar-refractivity contribution in [1.82, 2.24) is 0 Å². The van der Waals surface area contributed by atoms with Gasteiger partial charge in [0.1, 0.15) is 17.1 Å². The number of anilines is 1. The van der Waals surface area contributed by atoms with Gasteiger partial charge in [-0.1, -0.05) is 6.07 Å². The maximum absolute atomic E-state index is 13.4. The van der Waals surface area contributed by atoms with Crippen molar-refractivity contribution in [3.63, 3.8) is 0 Å². The maximum Gasteiger partial charge on any atom is 0.262 e. The monoisotopic (exact) mass is 265 g/mol. The standard InChI is InChI=1S/C13H9F2NO3/c14-8-2-1-3-11(18)12(8)13(19)16-7-4-5-10(17)9(15)6-7/h1-6,17-18H,(H,16,19). The van der Waals surface area contributed by atoms with Crippen LogP contribution in [0.1, 0.15) is 10.4 Å². The Morgan fingerprint density at radius 1 is 1.00 bits per heavy atom. The molecule has 6 heteroatoms. The quantitative estimate of drug-likeness (QED) is 0.731. The molecule has 0 saturated heterocycles. The highest BCUT2D eigenvalue weighted by Gasteiger charge is 2.17. The van der Waals surface area contributed by atoms with Crippen LogP contribution in [0.15, 0.2) is 36.4 Å². The summed E-state index contributed by atoms with van der Waals surface area (Å²) in [6.07, 6.45) is 0. The summed E-state index contributed by atoms with van der Waals surface area (Å²) in [5, 5.41) is 20.6. The Kier molecular flexibility index (Phi) is 3.33. The van der Waals surface area contributed by atoms with Gasteiger partial charge in [-0.25, -0.2) is 8.78 Å². The van der Waals surface area contributed by atoms with E-state index < -0.39 is 34.6 Å². The number of hydrogen-bond acceptors (Lipinski definition) is 3. The van der Waals surface area contributed by atoms with Crippen LogP contribution in [0.4, 0.5) is 14.5 Å². The third kappa shape index (κ3) is 2.62. The summed E-state index contributed by atoms with van der Waals surface area (Å²) in [5.74, 6) is -3.81. The molecule has 0 fully saturated rings. The van der Waals surface area contributed by atoms with Gasteiger partial charge in [-0.3, -0.25) is 4.79 Å². The molecule has 0 aliphatic carbocycles. The minimum absolute atomic E-state index is 0.0305. The van der Waals surface area contributed by atoms with E-state index in [1.807, 2.05) is 0 Å². The molecule has 0 saturated carbocycles. The molecule has 98 valence electrons. The molecule has 0 unspecified atom stereocenters. The van der Waals surface area contributed by atoms with Gasteiger partial charge in [0.25, 0.3) is 5.91 Å². The van der Waals surface area contributed by atoms with Crippen molar-refractivity contribution < 1.29 is 23.8 Å². The van der Waals surface area contributed by atoms with Crippen LogP contribution in [0.5, 0.6) is 11.5 Å². The summed E-state index contributed by atoms with van der Waals surface area (Å²) in [4.78, 5) is 11.8. The Labute approximate surface area is 106 Å². The van der Waals surface area contributed by atoms with Crippen LogP contribution in [0.3, 0.4) is 0 Å². The lowest BCUT2D eigenvalue weighted by atomic mass is 10.1. The first-order chi connectivity index (χ1) is 8.99. The highest BCUT2D eigenvalue weighted by Crippen LogP contribution is 2.23. The van der Waals surface area contributed by atoms with Crippen LogP contribution >= 0.6 is 0 Å². The van der Waals surface area contributed by atoms with E-state index in [1.54, 1.807) is 0 Å². The zero-order valence-corrected chi connectivity index (χ0v) is 9.52. The first-order valence-electron chi connectivity index (χ1n) is 5.26. The minimum atomic E-state index is -0.921. The van der Waals surface area contributed by atoms with Gasteiger partial charge in [-0.2, -0.15) is 0 Å². The van der Waals surface area contributed by atoms with Gasteiger partial charge in [0.2, 0.25) is 0 Å². The number of rotatable bonds is 2. The molecule has 1 amide bonds. The summed E-state index contributed by atoms with van der Waals surface area (Å²) in [6.45, 7) is 0. The number of benzene rings is 2. The predicted molar refractivity (Wildman–Crippen MR) is 64.1 cm³/mol. The molecule has 0 bridgehead atoms. The smallest absolute Gasteiger partial charge is 0.262 e. The lowest BCUT2D eigenvalue weighted by molar-refractivity contribution is 0.102. The van der Waals surface area contributed by atoms with Gasteiger partial charge in [0.15, 0.2) is 11.6 Å². The average molecular weight is 265 g/mol. The number of phenols is 2. The Bertz CT molecular complexity index is 624. The summed E-state index contributed by atoms with van der Waals surface area (Å²) < 4.78 is 26.5. The molecule has 3 N–H and O–H groups in total. The van der Waals surface area contributed by atoms with E-state index in [1.165, 1.54) is 12.1 Å². The largest absolute Gasteiger partial charge is 0.507 e. The molecule has 2 aromatic carbocycles. The molecule has 0 aromatic heterocycles. The molecule has 0 spiro atoms. The molecule has 2 rings (SSSR count). The van der Waals surface area contributed by atoms with Crippen LogP contribution in [0.2, 0.25) is 0 Å². The van der Waals surface area contributed by atoms with Crippen LogP contribution in [-0.2, 0) is 0 Å². The van der Waals surface area contributed by atoms with E-state index in [9.17, 15) is 18.7 Å². The number of amides is 1. The van der Waals surface area contributed by atoms with E-state index >= 15 is 0 Å². The Morgan fingerprint density at radius 2 is 1.74 bits per heavy atom. The first kappa shape index (κ1) is 12.8. The Hall–Kier alpha value is -2.63. The van der Waals surface area contributed by atoms with Gasteiger partial charge >= 0.3 is 0 Å². The third-order valence-corrected chi connectivity index (χ3v) is 2.42. The van der Waals surface area contributed by atoms with Crippen LogP contribution in [-0.4, -0.2) is 16.1 Å². The predicted octanol–water partition coefficient (Wildman–Crippen LogP) is 2.63. The topological polar surface area (TPSA) is 69.6 Å². The lowest BCUT2D eigenvalue weighted by Gasteiger charge is -2.08. The Balaban J connectivity index is 2.28. The van der Waals surface area contributed by atoms with Crippen LogP contribution < -0.4 is 5.32 Å². The molecule has 0 radical (unpaired) electrons. The van der Waals surface area contributed by atoms with E-state index in [0.29, 0.717) is 0 Å². The van der Waals surface area contributed by atoms with Gasteiger partial charge < -0.3 is 15.5 Å². The fraction of sp³-hybridized carbons (Fsp3) is 0. The summed E-state index contributed by atoms with van der Waals surface area (Å²) in [5.41, 5.74) is -0.501. The molecule has 19 heavy (non-hydrogen) atoms. The number of nitrogens with one attached hydrogen (secondary N) is 1. The number of carbonyl (C=O) groups is 1. The van der Waals surface area contributed by atoms with E-state index in [-0.39, 0.29) is 5.69 Å². The highest BCUT2D eigenvalue weighted by molar-refractivity contribution is 6.06. The summed E-state index contributed by atoms with van der Waals surface area (Å²) in [7, 11) is 0. The minimum Gasteiger partial charge on any atom is -0.507 e. The highest BCUT2D eigenvalue weighted by atomic mass is 19.1. The van der Waals surface area contributed by atoms with Crippen LogP contribution in [0, 0.1) is 11.6 Å². The zero-order chi connectivity index (χ0) is 14.0. The zero-order valence-electron chi connectivity index (χ0n) is 9.52. The van der Waals surface area contributed by atoms with Crippen molar-refractivity contribution in [2.75, 3.05) is 5.32 Å². The first-order valence-corrected chi connectivity index (χ1v) is 5.26. The van der Waals surface area contributed by atoms with Crippen molar-refractivity contribution in [3.05, 3.63) is 53.6 Å². The maximum atomic E-state index is 13.4. The second-order valence-corrected chi connectivity index (χ2v) is 3.75. The SMILES string of the molecule is O=C(Nc1ccc(O)c(F)c1)c1c(O)cccc1F. The fourth-order valence-corrected chi connectivity index (χ4v) is 1.52. The number of hydrogen-bond donors (Lipinski definition) is 3. The average Bonchev–Trinajstić information content (AvgIpc) is 2.33. The van der Waals surface area contributed by atoms with E-state index in [0.717, 1.165) is 24.3 Å². The molecule has 0 aliphatic heterocycles. The van der Waals surface area contributed by atoms with Crippen molar-refractivity contribution in [2.24, 2.45) is 0 Å². The molecular weight excluding hydrogens is 256 g/mol. The number of aromatic hydroxyl groups is 2. The molecule has 4 nitrogen and oxygen atoms in total. The van der Waals surface area contributed by atoms with Gasteiger partial charge in [-0.15, -0.1) is 0 Å². The number of phenolic OH excluding ortho intramolecular Hbond substituents is 2. The van der Waals surface area contributed by atoms with Crippen LogP contribution in [0.25, 0.3) is 0 Å². The molecule has 0 aliphatic rings. The normalized spacial score (nSPS) is 10.2. The van der Waals surface area contributed by atoms with Gasteiger partial charge in [-0.05, 0) is 24.3 Å². The fourth-order valence-electron chi connectivity index (χ4n) is 1.52. The van der Waals surface area contributed by atoms with Gasteiger partial charge in [0.05, 0.1) is 0 Å². The summed E-state index contributed by atoms with van der Waals surface area (Å²) >= 11 is 0. The Morgan fingerprint density at radius 3 is 2.37 bits per heavy atom. The van der Waals surface area contributed by atoms with Gasteiger partial charge in [0, 0.05) is 11.8 Å². The molecule has 0 atom stereocenters. The molecule has 0 heterocycles. The number of halogens is 2.